The van der Waals surface area contributed by atoms with E-state index in [9.17, 15) is 9.90 Å². The predicted octanol–water partition coefficient (Wildman–Crippen LogP) is 2.81. The van der Waals surface area contributed by atoms with Crippen molar-refractivity contribution in [1.29, 1.82) is 0 Å². The number of aromatic hydroxyl groups is 1. The fourth-order valence-electron chi connectivity index (χ4n) is 2.28. The van der Waals surface area contributed by atoms with E-state index in [0.29, 0.717) is 16.3 Å². The van der Waals surface area contributed by atoms with E-state index in [-0.39, 0.29) is 11.4 Å². The average Bonchev–Trinajstić information content (AvgIpc) is 2.54. The van der Waals surface area contributed by atoms with Crippen LogP contribution >= 0.6 is 11.6 Å². The minimum atomic E-state index is -0.719. The van der Waals surface area contributed by atoms with Crippen LogP contribution in [0.5, 0.6) is 5.75 Å². The fraction of sp³-hybridized carbons (Fsp3) is 0.111. The van der Waals surface area contributed by atoms with Gasteiger partial charge in [-0.25, -0.2) is 4.99 Å². The van der Waals surface area contributed by atoms with E-state index in [0.717, 1.165) is 22.9 Å². The van der Waals surface area contributed by atoms with Crippen LogP contribution in [0.2, 0.25) is 0 Å². The van der Waals surface area contributed by atoms with Crippen molar-refractivity contribution in [3.8, 4) is 5.75 Å². The smallest absolute Gasteiger partial charge is 0.268 e. The van der Waals surface area contributed by atoms with Gasteiger partial charge in [0.1, 0.15) is 11.4 Å². The largest absolute Gasteiger partial charge is 0.508 e. The molecule has 1 amide bonds. The predicted molar refractivity (Wildman–Crippen MR) is 97.5 cm³/mol. The van der Waals surface area contributed by atoms with Gasteiger partial charge in [0, 0.05) is 16.8 Å². The molecule has 124 valence electrons. The van der Waals surface area contributed by atoms with Crippen LogP contribution in [0.1, 0.15) is 16.7 Å². The molecule has 0 saturated carbocycles. The van der Waals surface area contributed by atoms with Crippen LogP contribution in [-0.2, 0) is 4.79 Å². The maximum absolute atomic E-state index is 11.3. The second-order valence-corrected chi connectivity index (χ2v) is 5.75. The Morgan fingerprint density at radius 3 is 2.62 bits per heavy atom. The number of carbonyl (C=O) groups is 1. The standard InChI is InChI=1S/C18H18ClN3O2/c1-10-3-6-17(23)11(2)14(10)8-12-7-13(19)4-5-15(12)22-16(9-20)18(21)24/h3-9,23H,20H2,1-2H3,(H2,21,24)/b12-8+,16-9+,22-15+. The number of hydrogen-bond acceptors (Lipinski definition) is 4. The summed E-state index contributed by atoms with van der Waals surface area (Å²) in [4.78, 5) is 15.5. The molecular formula is C18H18ClN3O2. The number of amides is 1. The van der Waals surface area contributed by atoms with Crippen LogP contribution in [0.15, 0.2) is 57.9 Å². The van der Waals surface area contributed by atoms with Gasteiger partial charge in [0.25, 0.3) is 5.91 Å². The molecule has 1 aliphatic rings. The van der Waals surface area contributed by atoms with Crippen LogP contribution in [-0.4, -0.2) is 16.7 Å². The molecule has 1 aromatic rings. The van der Waals surface area contributed by atoms with Gasteiger partial charge in [-0.3, -0.25) is 4.79 Å². The van der Waals surface area contributed by atoms with E-state index in [1.165, 1.54) is 0 Å². The average molecular weight is 344 g/mol. The molecule has 1 aliphatic carbocycles. The molecule has 0 spiro atoms. The summed E-state index contributed by atoms with van der Waals surface area (Å²) < 4.78 is 0. The Balaban J connectivity index is 2.61. The summed E-state index contributed by atoms with van der Waals surface area (Å²) in [5, 5.41) is 10.4. The Morgan fingerprint density at radius 2 is 2.00 bits per heavy atom. The van der Waals surface area contributed by atoms with Gasteiger partial charge in [-0.15, -0.1) is 0 Å². The van der Waals surface area contributed by atoms with Crippen LogP contribution in [0, 0.1) is 13.8 Å². The van der Waals surface area contributed by atoms with E-state index >= 15 is 0 Å². The summed E-state index contributed by atoms with van der Waals surface area (Å²) in [7, 11) is 0. The summed E-state index contributed by atoms with van der Waals surface area (Å²) in [6.45, 7) is 3.76. The maximum Gasteiger partial charge on any atom is 0.268 e. The van der Waals surface area contributed by atoms with E-state index in [2.05, 4.69) is 4.99 Å². The number of carbonyl (C=O) groups excluding carboxylic acids is 1. The van der Waals surface area contributed by atoms with E-state index < -0.39 is 5.91 Å². The molecule has 0 unspecified atom stereocenters. The summed E-state index contributed by atoms with van der Waals surface area (Å²) in [5.74, 6) is -0.518. The fourth-order valence-corrected chi connectivity index (χ4v) is 2.46. The number of halogens is 1. The van der Waals surface area contributed by atoms with Crippen molar-refractivity contribution in [2.75, 3.05) is 0 Å². The summed E-state index contributed by atoms with van der Waals surface area (Å²) in [5.41, 5.74) is 14.4. The molecular weight excluding hydrogens is 326 g/mol. The first-order valence-electron chi connectivity index (χ1n) is 7.20. The van der Waals surface area contributed by atoms with Gasteiger partial charge in [0.2, 0.25) is 0 Å². The van der Waals surface area contributed by atoms with E-state index in [4.69, 9.17) is 23.1 Å². The third-order valence-electron chi connectivity index (χ3n) is 3.64. The Labute approximate surface area is 145 Å². The molecule has 0 bridgehead atoms. The molecule has 0 aliphatic heterocycles. The Kier molecular flexibility index (Phi) is 5.26. The number of nitrogens with zero attached hydrogens (tertiary/aromatic N) is 1. The molecule has 2 rings (SSSR count). The van der Waals surface area contributed by atoms with Crippen molar-refractivity contribution in [2.45, 2.75) is 13.8 Å². The van der Waals surface area contributed by atoms with Gasteiger partial charge in [0.15, 0.2) is 0 Å². The molecule has 5 nitrogen and oxygen atoms in total. The van der Waals surface area contributed by atoms with Gasteiger partial charge >= 0.3 is 0 Å². The molecule has 0 saturated heterocycles. The van der Waals surface area contributed by atoms with Gasteiger partial charge in [-0.1, -0.05) is 17.7 Å². The van der Waals surface area contributed by atoms with Gasteiger partial charge in [-0.2, -0.15) is 0 Å². The second-order valence-electron chi connectivity index (χ2n) is 5.32. The number of benzene rings is 1. The molecule has 6 heteroatoms. The van der Waals surface area contributed by atoms with Crippen LogP contribution in [0.4, 0.5) is 0 Å². The zero-order valence-corrected chi connectivity index (χ0v) is 14.1. The zero-order valence-electron chi connectivity index (χ0n) is 13.4. The maximum atomic E-state index is 11.3. The summed E-state index contributed by atoms with van der Waals surface area (Å²) in [6.07, 6.45) is 7.97. The number of rotatable bonds is 3. The Bertz CT molecular complexity index is 846. The number of primary amides is 1. The van der Waals surface area contributed by atoms with E-state index in [1.807, 2.05) is 26.0 Å². The second kappa shape index (κ2) is 7.19. The first kappa shape index (κ1) is 17.6. The van der Waals surface area contributed by atoms with Crippen molar-refractivity contribution >= 4 is 29.3 Å². The number of aliphatic imine (C=N–C) groups is 1. The molecule has 5 N–H and O–H groups in total. The lowest BCUT2D eigenvalue weighted by atomic mass is 9.96. The highest BCUT2D eigenvalue weighted by Crippen LogP contribution is 2.28. The minimum Gasteiger partial charge on any atom is -0.508 e. The highest BCUT2D eigenvalue weighted by atomic mass is 35.5. The third-order valence-corrected chi connectivity index (χ3v) is 3.88. The first-order chi connectivity index (χ1) is 11.3. The Hall–Kier alpha value is -2.79. The molecule has 24 heavy (non-hydrogen) atoms. The number of hydrogen-bond donors (Lipinski definition) is 3. The molecule has 0 fully saturated rings. The lowest BCUT2D eigenvalue weighted by Gasteiger charge is -2.12. The summed E-state index contributed by atoms with van der Waals surface area (Å²) in [6, 6.07) is 3.47. The Morgan fingerprint density at radius 1 is 1.29 bits per heavy atom. The third kappa shape index (κ3) is 3.75. The van der Waals surface area contributed by atoms with Gasteiger partial charge in [0.05, 0.1) is 5.71 Å². The van der Waals surface area contributed by atoms with Crippen molar-refractivity contribution in [2.24, 2.45) is 16.5 Å². The summed E-state index contributed by atoms with van der Waals surface area (Å²) >= 11 is 6.08. The molecule has 0 atom stereocenters. The zero-order chi connectivity index (χ0) is 17.9. The lowest BCUT2D eigenvalue weighted by molar-refractivity contribution is -0.114. The van der Waals surface area contributed by atoms with Crippen molar-refractivity contribution in [1.82, 2.24) is 0 Å². The highest BCUT2D eigenvalue weighted by Gasteiger charge is 2.13. The first-order valence-corrected chi connectivity index (χ1v) is 7.58. The molecule has 1 aromatic carbocycles. The monoisotopic (exact) mass is 343 g/mol. The van der Waals surface area contributed by atoms with Crippen LogP contribution in [0.25, 0.3) is 6.08 Å². The van der Waals surface area contributed by atoms with Gasteiger partial charge < -0.3 is 16.6 Å². The van der Waals surface area contributed by atoms with Gasteiger partial charge in [-0.05, 0) is 60.9 Å². The van der Waals surface area contributed by atoms with E-state index in [1.54, 1.807) is 24.3 Å². The van der Waals surface area contributed by atoms with Crippen molar-refractivity contribution < 1.29 is 9.90 Å². The SMILES string of the molecule is Cc1ccc(O)c(C)c1\C=C1/C=C(Cl)C=C/C1=N\C(=C\N)C(N)=O. The van der Waals surface area contributed by atoms with Crippen molar-refractivity contribution in [3.05, 3.63) is 69.6 Å². The molecule has 0 heterocycles. The number of aryl methyl sites for hydroxylation is 1. The van der Waals surface area contributed by atoms with Crippen LogP contribution in [0.3, 0.4) is 0 Å². The molecule has 0 aromatic heterocycles. The normalized spacial score (nSPS) is 18.1. The van der Waals surface area contributed by atoms with Crippen molar-refractivity contribution in [3.63, 3.8) is 0 Å². The number of phenols is 1. The molecule has 0 radical (unpaired) electrons. The topological polar surface area (TPSA) is 102 Å². The minimum absolute atomic E-state index is 0.0451. The number of phenolic OH excluding ortho intramolecular Hbond substituents is 1. The quantitative estimate of drug-likeness (QED) is 0.735. The van der Waals surface area contributed by atoms with Crippen LogP contribution < -0.4 is 11.5 Å². The number of nitrogens with two attached hydrogens (primary N) is 2. The highest BCUT2D eigenvalue weighted by molar-refractivity contribution is 6.33. The lowest BCUT2D eigenvalue weighted by Crippen LogP contribution is -2.15. The number of allylic oxidation sites excluding steroid dienone is 5.